The summed E-state index contributed by atoms with van der Waals surface area (Å²) in [6.45, 7) is 5.93. The molecule has 1 aliphatic rings. The fraction of sp³-hybridized carbons (Fsp3) is 0.348. The first kappa shape index (κ1) is 20.5. The molecular weight excluding hydrogens is 396 g/mol. The topological polar surface area (TPSA) is 70.2 Å². The van der Waals surface area contributed by atoms with Crippen molar-refractivity contribution >= 4 is 33.9 Å². The van der Waals surface area contributed by atoms with Gasteiger partial charge in [0.25, 0.3) is 5.56 Å². The molecule has 0 aliphatic carbocycles. The third kappa shape index (κ3) is 4.68. The summed E-state index contributed by atoms with van der Waals surface area (Å²) in [5, 5.41) is 4.56. The summed E-state index contributed by atoms with van der Waals surface area (Å²) in [7, 11) is 0. The van der Waals surface area contributed by atoms with E-state index in [2.05, 4.69) is 47.3 Å². The lowest BCUT2D eigenvalue weighted by molar-refractivity contribution is 0.0900. The van der Waals surface area contributed by atoms with Crippen LogP contribution in [0, 0.1) is 13.8 Å². The second kappa shape index (κ2) is 8.93. The number of hydrogen-bond acceptors (Lipinski definition) is 4. The predicted molar refractivity (Wildman–Crippen MR) is 124 cm³/mol. The standard InChI is InChI=1S/C23H26N4O2S/c1-15-9-10-16(2)20(12-15)25-23(30)27(13-17-6-5-11-29-17)14-21-24-19-8-4-3-7-18(19)22(28)26-21/h3-4,7-10,12,17H,5-6,11,13-14H2,1-2H3,(H,25,30)(H,24,26,28)/t17-/m0/s1. The third-order valence-corrected chi connectivity index (χ3v) is 5.73. The summed E-state index contributed by atoms with van der Waals surface area (Å²) in [4.78, 5) is 22.1. The maximum absolute atomic E-state index is 12.5. The second-order valence-corrected chi connectivity index (χ2v) is 8.18. The number of thiocarbonyl (C=S) groups is 1. The van der Waals surface area contributed by atoms with Crippen LogP contribution in [0.5, 0.6) is 0 Å². The number of hydrogen-bond donors (Lipinski definition) is 2. The van der Waals surface area contributed by atoms with Gasteiger partial charge in [0.2, 0.25) is 0 Å². The maximum atomic E-state index is 12.5. The lowest BCUT2D eigenvalue weighted by Gasteiger charge is -2.28. The van der Waals surface area contributed by atoms with Gasteiger partial charge in [-0.15, -0.1) is 0 Å². The average molecular weight is 423 g/mol. The average Bonchev–Trinajstić information content (AvgIpc) is 3.23. The molecule has 1 fully saturated rings. The summed E-state index contributed by atoms with van der Waals surface area (Å²) in [5.74, 6) is 0.585. The Kier molecular flexibility index (Phi) is 6.11. The molecule has 4 rings (SSSR count). The third-order valence-electron chi connectivity index (χ3n) is 5.37. The van der Waals surface area contributed by atoms with Crippen molar-refractivity contribution < 1.29 is 4.74 Å². The van der Waals surface area contributed by atoms with Gasteiger partial charge in [0.05, 0.1) is 23.6 Å². The smallest absolute Gasteiger partial charge is 0.258 e. The molecule has 6 nitrogen and oxygen atoms in total. The molecule has 0 unspecified atom stereocenters. The first-order chi connectivity index (χ1) is 14.5. The fourth-order valence-electron chi connectivity index (χ4n) is 3.71. The van der Waals surface area contributed by atoms with Crippen molar-refractivity contribution in [1.29, 1.82) is 0 Å². The first-order valence-corrected chi connectivity index (χ1v) is 10.6. The van der Waals surface area contributed by atoms with Crippen LogP contribution in [-0.4, -0.2) is 39.2 Å². The Labute approximate surface area is 181 Å². The van der Waals surface area contributed by atoms with E-state index in [1.54, 1.807) is 6.07 Å². The molecule has 0 radical (unpaired) electrons. The number of benzene rings is 2. The van der Waals surface area contributed by atoms with Gasteiger partial charge < -0.3 is 19.9 Å². The van der Waals surface area contributed by atoms with E-state index in [-0.39, 0.29) is 11.7 Å². The van der Waals surface area contributed by atoms with Gasteiger partial charge >= 0.3 is 0 Å². The SMILES string of the molecule is Cc1ccc(C)c(NC(=S)N(Cc2nc3ccccc3c(=O)[nH]2)C[C@@H]2CCCO2)c1. The van der Waals surface area contributed by atoms with E-state index in [0.717, 1.165) is 36.3 Å². The van der Waals surface area contributed by atoms with Crippen molar-refractivity contribution in [2.75, 3.05) is 18.5 Å². The van der Waals surface area contributed by atoms with Crippen LogP contribution in [0.15, 0.2) is 47.3 Å². The Hall–Kier alpha value is -2.77. The van der Waals surface area contributed by atoms with Gasteiger partial charge in [-0.3, -0.25) is 4.79 Å². The highest BCUT2D eigenvalue weighted by Crippen LogP contribution is 2.19. The van der Waals surface area contributed by atoms with E-state index in [4.69, 9.17) is 17.0 Å². The van der Waals surface area contributed by atoms with Gasteiger partial charge in [-0.2, -0.15) is 0 Å². The Bertz CT molecular complexity index is 1120. The van der Waals surface area contributed by atoms with Crippen molar-refractivity contribution in [3.8, 4) is 0 Å². The van der Waals surface area contributed by atoms with Gasteiger partial charge in [0, 0.05) is 18.8 Å². The van der Waals surface area contributed by atoms with Gasteiger partial charge in [-0.1, -0.05) is 24.3 Å². The molecule has 2 heterocycles. The highest BCUT2D eigenvalue weighted by Gasteiger charge is 2.22. The van der Waals surface area contributed by atoms with Crippen LogP contribution in [0.3, 0.4) is 0 Å². The van der Waals surface area contributed by atoms with Crippen molar-refractivity contribution in [3.05, 3.63) is 69.8 Å². The van der Waals surface area contributed by atoms with Crippen molar-refractivity contribution in [3.63, 3.8) is 0 Å². The number of H-pyrrole nitrogens is 1. The molecule has 1 saturated heterocycles. The number of anilines is 1. The molecule has 7 heteroatoms. The minimum Gasteiger partial charge on any atom is -0.376 e. The van der Waals surface area contributed by atoms with Gasteiger partial charge in [0.15, 0.2) is 5.11 Å². The molecule has 0 amide bonds. The van der Waals surface area contributed by atoms with Crippen molar-refractivity contribution in [2.45, 2.75) is 39.3 Å². The molecule has 156 valence electrons. The van der Waals surface area contributed by atoms with Crippen LogP contribution >= 0.6 is 12.2 Å². The number of aromatic amines is 1. The monoisotopic (exact) mass is 422 g/mol. The molecule has 1 atom stereocenters. The lowest BCUT2D eigenvalue weighted by Crippen LogP contribution is -2.40. The van der Waals surface area contributed by atoms with Crippen molar-refractivity contribution in [2.24, 2.45) is 0 Å². The van der Waals surface area contributed by atoms with Crippen LogP contribution in [0.25, 0.3) is 10.9 Å². The molecule has 0 spiro atoms. The molecule has 1 aliphatic heterocycles. The molecule has 3 aromatic rings. The molecule has 2 N–H and O–H groups in total. The summed E-state index contributed by atoms with van der Waals surface area (Å²) >= 11 is 5.76. The number of nitrogens with zero attached hydrogens (tertiary/aromatic N) is 2. The summed E-state index contributed by atoms with van der Waals surface area (Å²) in [6, 6.07) is 13.6. The fourth-order valence-corrected chi connectivity index (χ4v) is 3.96. The van der Waals surface area contributed by atoms with E-state index >= 15 is 0 Å². The molecule has 30 heavy (non-hydrogen) atoms. The quantitative estimate of drug-likeness (QED) is 0.608. The number of para-hydroxylation sites is 1. The largest absolute Gasteiger partial charge is 0.376 e. The molecule has 0 bridgehead atoms. The summed E-state index contributed by atoms with van der Waals surface area (Å²) in [5.41, 5.74) is 3.81. The Morgan fingerprint density at radius 1 is 1.30 bits per heavy atom. The lowest BCUT2D eigenvalue weighted by atomic mass is 10.1. The van der Waals surface area contributed by atoms with E-state index in [0.29, 0.717) is 34.9 Å². The molecular formula is C23H26N4O2S. The van der Waals surface area contributed by atoms with Crippen LogP contribution in [-0.2, 0) is 11.3 Å². The normalized spacial score (nSPS) is 16.0. The van der Waals surface area contributed by atoms with E-state index in [1.165, 1.54) is 0 Å². The zero-order chi connectivity index (χ0) is 21.1. The van der Waals surface area contributed by atoms with Gasteiger partial charge in [-0.05, 0) is 68.2 Å². The molecule has 2 aromatic carbocycles. The van der Waals surface area contributed by atoms with Crippen LogP contribution in [0.4, 0.5) is 5.69 Å². The minimum absolute atomic E-state index is 0.121. The number of aryl methyl sites for hydroxylation is 2. The number of rotatable bonds is 5. The zero-order valence-electron chi connectivity index (χ0n) is 17.3. The van der Waals surface area contributed by atoms with Crippen molar-refractivity contribution in [1.82, 2.24) is 14.9 Å². The van der Waals surface area contributed by atoms with Gasteiger partial charge in [0.1, 0.15) is 5.82 Å². The van der Waals surface area contributed by atoms with E-state index < -0.39 is 0 Å². The highest BCUT2D eigenvalue weighted by atomic mass is 32.1. The highest BCUT2D eigenvalue weighted by molar-refractivity contribution is 7.80. The summed E-state index contributed by atoms with van der Waals surface area (Å²) in [6.07, 6.45) is 2.18. The zero-order valence-corrected chi connectivity index (χ0v) is 18.1. The second-order valence-electron chi connectivity index (χ2n) is 7.79. The minimum atomic E-state index is -0.138. The number of fused-ring (bicyclic) bond motifs is 1. The van der Waals surface area contributed by atoms with Crippen LogP contribution in [0.2, 0.25) is 0 Å². The molecule has 0 saturated carbocycles. The Morgan fingerprint density at radius 3 is 2.93 bits per heavy atom. The summed E-state index contributed by atoms with van der Waals surface area (Å²) < 4.78 is 5.84. The van der Waals surface area contributed by atoms with Crippen LogP contribution in [0.1, 0.15) is 29.8 Å². The first-order valence-electron chi connectivity index (χ1n) is 10.2. The number of ether oxygens (including phenoxy) is 1. The van der Waals surface area contributed by atoms with E-state index in [1.807, 2.05) is 23.1 Å². The van der Waals surface area contributed by atoms with Gasteiger partial charge in [-0.25, -0.2) is 4.98 Å². The number of nitrogens with one attached hydrogen (secondary N) is 2. The predicted octanol–water partition coefficient (Wildman–Crippen LogP) is 3.92. The van der Waals surface area contributed by atoms with E-state index in [9.17, 15) is 4.79 Å². The molecule has 1 aromatic heterocycles. The van der Waals surface area contributed by atoms with Crippen LogP contribution < -0.4 is 10.9 Å². The maximum Gasteiger partial charge on any atom is 0.258 e. The number of aromatic nitrogens is 2. The Balaban J connectivity index is 1.60. The Morgan fingerprint density at radius 2 is 2.13 bits per heavy atom.